The van der Waals surface area contributed by atoms with Crippen LogP contribution in [0.4, 0.5) is 4.39 Å². The molecule has 0 saturated carbocycles. The number of allylic oxidation sites excluding steroid dienone is 2. The zero-order valence-electron chi connectivity index (χ0n) is 20.4. The van der Waals surface area contributed by atoms with Gasteiger partial charge in [-0.2, -0.15) is 0 Å². The summed E-state index contributed by atoms with van der Waals surface area (Å²) in [6, 6.07) is 14.2. The average Bonchev–Trinajstić information content (AvgIpc) is 3.11. The molecule has 0 aliphatic carbocycles. The summed E-state index contributed by atoms with van der Waals surface area (Å²) in [4.78, 5) is 12.7. The predicted molar refractivity (Wildman–Crippen MR) is 142 cm³/mol. The SMILES string of the molecule is C=C(C)C1=C(c2ccc(F)cc2)NC(=O)/C1=C(/C)c1ccc(C)cc1.C=S(=O)(O)CCCCC. The maximum atomic E-state index is 13.2. The number of hydrogen-bond acceptors (Lipinski definition) is 2. The number of carbonyl (C=O) groups excluding carboxylic acids is 1. The second-order valence-electron chi connectivity index (χ2n) is 8.54. The fraction of sp³-hybridized carbons (Fsp3) is 0.286. The normalized spacial score (nSPS) is 16.4. The van der Waals surface area contributed by atoms with Gasteiger partial charge in [-0.05, 0) is 79.6 Å². The molecule has 34 heavy (non-hydrogen) atoms. The van der Waals surface area contributed by atoms with Gasteiger partial charge in [-0.15, -0.1) is 0 Å². The molecule has 1 atom stereocenters. The van der Waals surface area contributed by atoms with E-state index in [1.54, 1.807) is 12.1 Å². The minimum absolute atomic E-state index is 0.157. The molecule has 2 N–H and O–H groups in total. The van der Waals surface area contributed by atoms with Crippen LogP contribution in [-0.2, 0) is 14.6 Å². The highest BCUT2D eigenvalue weighted by Gasteiger charge is 2.30. The smallest absolute Gasteiger partial charge is 0.256 e. The summed E-state index contributed by atoms with van der Waals surface area (Å²) < 4.78 is 32.4. The second kappa shape index (κ2) is 12.0. The summed E-state index contributed by atoms with van der Waals surface area (Å²) >= 11 is 0. The van der Waals surface area contributed by atoms with Crippen LogP contribution in [0.5, 0.6) is 0 Å². The van der Waals surface area contributed by atoms with Crippen LogP contribution in [0.15, 0.2) is 71.8 Å². The van der Waals surface area contributed by atoms with Crippen LogP contribution in [0, 0.1) is 12.7 Å². The first-order valence-corrected chi connectivity index (χ1v) is 13.1. The molecular formula is C28H34FNO3S. The molecule has 0 fully saturated rings. The summed E-state index contributed by atoms with van der Waals surface area (Å²) in [6.45, 7) is 12.0. The number of amides is 1. The predicted octanol–water partition coefficient (Wildman–Crippen LogP) is 6.39. The van der Waals surface area contributed by atoms with Gasteiger partial charge in [0, 0.05) is 11.3 Å². The number of aryl methyl sites for hydroxylation is 1. The fourth-order valence-electron chi connectivity index (χ4n) is 3.62. The third-order valence-corrected chi connectivity index (χ3v) is 6.38. The lowest BCUT2D eigenvalue weighted by molar-refractivity contribution is -0.115. The van der Waals surface area contributed by atoms with Crippen LogP contribution in [0.1, 0.15) is 56.7 Å². The van der Waals surface area contributed by atoms with Crippen molar-refractivity contribution in [3.63, 3.8) is 0 Å². The highest BCUT2D eigenvalue weighted by Crippen LogP contribution is 2.37. The van der Waals surface area contributed by atoms with E-state index < -0.39 is 9.80 Å². The number of nitrogens with one attached hydrogen (secondary N) is 1. The Morgan fingerprint density at radius 3 is 2.15 bits per heavy atom. The van der Waals surface area contributed by atoms with Gasteiger partial charge in [0.1, 0.15) is 5.82 Å². The quantitative estimate of drug-likeness (QED) is 0.272. The number of carbonyl (C=O) groups is 1. The number of halogens is 1. The first kappa shape index (κ1) is 27.3. The van der Waals surface area contributed by atoms with Crippen LogP contribution in [0.3, 0.4) is 0 Å². The molecule has 0 aromatic heterocycles. The van der Waals surface area contributed by atoms with Crippen molar-refractivity contribution < 1.29 is 17.9 Å². The highest BCUT2D eigenvalue weighted by atomic mass is 32.2. The van der Waals surface area contributed by atoms with Crippen LogP contribution >= 0.6 is 0 Å². The van der Waals surface area contributed by atoms with Crippen molar-refractivity contribution in [2.75, 3.05) is 5.75 Å². The van der Waals surface area contributed by atoms with Gasteiger partial charge in [0.25, 0.3) is 5.91 Å². The lowest BCUT2D eigenvalue weighted by atomic mass is 9.91. The number of benzene rings is 2. The van der Waals surface area contributed by atoms with Gasteiger partial charge in [0.15, 0.2) is 0 Å². The summed E-state index contributed by atoms with van der Waals surface area (Å²) in [6.07, 6.45) is 2.91. The molecule has 0 radical (unpaired) electrons. The number of hydrogen-bond donors (Lipinski definition) is 2. The zero-order chi connectivity index (χ0) is 25.5. The van der Waals surface area contributed by atoms with Gasteiger partial charge in [0.2, 0.25) is 0 Å². The molecule has 0 saturated heterocycles. The molecule has 182 valence electrons. The summed E-state index contributed by atoms with van der Waals surface area (Å²) in [5.41, 5.74) is 6.70. The highest BCUT2D eigenvalue weighted by molar-refractivity contribution is 7.95. The molecule has 1 aliphatic heterocycles. The lowest BCUT2D eigenvalue weighted by Crippen LogP contribution is -2.16. The molecule has 1 aliphatic rings. The molecule has 3 rings (SSSR count). The Balaban J connectivity index is 0.000000387. The third-order valence-electron chi connectivity index (χ3n) is 5.45. The van der Waals surface area contributed by atoms with Crippen LogP contribution in [0.2, 0.25) is 0 Å². The van der Waals surface area contributed by atoms with Crippen molar-refractivity contribution in [3.05, 3.63) is 94.3 Å². The maximum Gasteiger partial charge on any atom is 0.256 e. The monoisotopic (exact) mass is 483 g/mol. The molecule has 6 heteroatoms. The summed E-state index contributed by atoms with van der Waals surface area (Å²) in [7, 11) is -2.70. The standard InChI is InChI=1S/C22H20FNO.C6H14O2S/c1-13(2)19-20(15(4)16-7-5-14(3)6-8-16)22(25)24-21(19)17-9-11-18(23)12-10-17;1-3-4-5-6-9(2,7)8/h5-12H,1H2,2-4H3,(H,24,25);2-6H2,1H3,(H,7,8)/b20-15-;. The maximum absolute atomic E-state index is 13.2. The Hall–Kier alpha value is -2.96. The van der Waals surface area contributed by atoms with Crippen molar-refractivity contribution in [2.24, 2.45) is 0 Å². The van der Waals surface area contributed by atoms with E-state index >= 15 is 0 Å². The van der Waals surface area contributed by atoms with Gasteiger partial charge in [-0.25, -0.2) is 8.60 Å². The molecule has 2 aromatic carbocycles. The molecule has 4 nitrogen and oxygen atoms in total. The molecule has 1 amide bonds. The van der Waals surface area contributed by atoms with E-state index in [0.29, 0.717) is 17.0 Å². The van der Waals surface area contributed by atoms with Gasteiger partial charge < -0.3 is 9.87 Å². The first-order valence-electron chi connectivity index (χ1n) is 11.3. The zero-order valence-corrected chi connectivity index (χ0v) is 21.2. The molecule has 0 spiro atoms. The van der Waals surface area contributed by atoms with E-state index in [0.717, 1.165) is 47.1 Å². The van der Waals surface area contributed by atoms with Crippen LogP contribution in [-0.4, -0.2) is 26.3 Å². The molecule has 1 unspecified atom stereocenters. The van der Waals surface area contributed by atoms with Crippen molar-refractivity contribution in [1.29, 1.82) is 0 Å². The molecule has 1 heterocycles. The van der Waals surface area contributed by atoms with E-state index in [1.165, 1.54) is 17.7 Å². The van der Waals surface area contributed by atoms with Crippen LogP contribution < -0.4 is 5.32 Å². The van der Waals surface area contributed by atoms with Crippen molar-refractivity contribution in [3.8, 4) is 0 Å². The van der Waals surface area contributed by atoms with E-state index in [1.807, 2.05) is 45.0 Å². The third kappa shape index (κ3) is 7.54. The molecule has 2 aromatic rings. The lowest BCUT2D eigenvalue weighted by Gasteiger charge is -2.10. The minimum atomic E-state index is -2.70. The Kier molecular flexibility index (Phi) is 9.59. The number of rotatable bonds is 7. The van der Waals surface area contributed by atoms with Gasteiger partial charge >= 0.3 is 0 Å². The largest absolute Gasteiger partial charge is 0.321 e. The topological polar surface area (TPSA) is 66.4 Å². The van der Waals surface area contributed by atoms with E-state index in [-0.39, 0.29) is 11.7 Å². The first-order chi connectivity index (χ1) is 15.9. The summed E-state index contributed by atoms with van der Waals surface area (Å²) in [5, 5.41) is 2.93. The van der Waals surface area contributed by atoms with Gasteiger partial charge in [-0.1, -0.05) is 56.2 Å². The van der Waals surface area contributed by atoms with Gasteiger partial charge in [0.05, 0.1) is 21.1 Å². The Labute approximate surface area is 203 Å². The Morgan fingerprint density at radius 2 is 1.65 bits per heavy atom. The minimum Gasteiger partial charge on any atom is -0.321 e. The Bertz CT molecular complexity index is 1210. The number of unbranched alkanes of at least 4 members (excludes halogenated alkanes) is 2. The van der Waals surface area contributed by atoms with Crippen molar-refractivity contribution >= 4 is 32.9 Å². The van der Waals surface area contributed by atoms with Gasteiger partial charge in [-0.3, -0.25) is 4.79 Å². The van der Waals surface area contributed by atoms with E-state index in [2.05, 4.69) is 24.7 Å². The van der Waals surface area contributed by atoms with Crippen LogP contribution in [0.25, 0.3) is 11.3 Å². The van der Waals surface area contributed by atoms with Crippen molar-refractivity contribution in [1.82, 2.24) is 5.32 Å². The fourth-order valence-corrected chi connectivity index (χ4v) is 4.28. The van der Waals surface area contributed by atoms with Crippen molar-refractivity contribution in [2.45, 2.75) is 47.0 Å². The average molecular weight is 484 g/mol. The Morgan fingerprint density at radius 1 is 1.06 bits per heavy atom. The summed E-state index contributed by atoms with van der Waals surface area (Å²) in [5.74, 6) is 3.01. The van der Waals surface area contributed by atoms with E-state index in [9.17, 15) is 13.4 Å². The van der Waals surface area contributed by atoms with E-state index in [4.69, 9.17) is 4.55 Å². The second-order valence-corrected chi connectivity index (χ2v) is 10.5. The molecular weight excluding hydrogens is 449 g/mol. The molecule has 0 bridgehead atoms.